The number of anilines is 1. The molecule has 0 spiro atoms. The lowest BCUT2D eigenvalue weighted by molar-refractivity contribution is 0.477. The van der Waals surface area contributed by atoms with Crippen LogP contribution in [0.2, 0.25) is 0 Å². The number of fused-ring (bicyclic) bond motifs is 1. The number of nitrogens with zero attached hydrogens (tertiary/aromatic N) is 2. The van der Waals surface area contributed by atoms with Crippen molar-refractivity contribution in [1.29, 1.82) is 0 Å². The second kappa shape index (κ2) is 5.50. The molecule has 2 aliphatic rings. The third-order valence-electron chi connectivity index (χ3n) is 4.23. The number of hydrogen-bond acceptors (Lipinski definition) is 4. The Morgan fingerprint density at radius 1 is 0.955 bits per heavy atom. The van der Waals surface area contributed by atoms with Gasteiger partial charge in [0.1, 0.15) is 0 Å². The van der Waals surface area contributed by atoms with E-state index in [0.717, 1.165) is 18.4 Å². The molecule has 1 saturated heterocycles. The van der Waals surface area contributed by atoms with Gasteiger partial charge in [-0.15, -0.1) is 0 Å². The minimum Gasteiger partial charge on any atom is -0.270 e. The van der Waals surface area contributed by atoms with E-state index in [0.29, 0.717) is 38.2 Å². The molecule has 2 heterocycles. The molecular formula is C14H20N2O4S2. The van der Waals surface area contributed by atoms with Crippen molar-refractivity contribution in [2.75, 3.05) is 30.2 Å². The van der Waals surface area contributed by atoms with Crippen molar-refractivity contribution in [2.24, 2.45) is 0 Å². The monoisotopic (exact) mass is 344 g/mol. The Bertz CT molecular complexity index is 781. The summed E-state index contributed by atoms with van der Waals surface area (Å²) in [6.45, 7) is 1.58. The van der Waals surface area contributed by atoms with Gasteiger partial charge in [-0.05, 0) is 49.4 Å². The first-order valence-corrected chi connectivity index (χ1v) is 10.7. The molecule has 6 nitrogen and oxygen atoms in total. The van der Waals surface area contributed by atoms with E-state index in [9.17, 15) is 16.8 Å². The van der Waals surface area contributed by atoms with Crippen LogP contribution in [-0.2, 0) is 26.5 Å². The van der Waals surface area contributed by atoms with Crippen LogP contribution in [0.5, 0.6) is 0 Å². The summed E-state index contributed by atoms with van der Waals surface area (Å²) in [5.74, 6) is 0. The Kier molecular flexibility index (Phi) is 3.94. The van der Waals surface area contributed by atoms with E-state index >= 15 is 0 Å². The average Bonchev–Trinajstić information content (AvgIpc) is 3.00. The molecule has 0 radical (unpaired) electrons. The van der Waals surface area contributed by atoms with Crippen LogP contribution < -0.4 is 4.31 Å². The van der Waals surface area contributed by atoms with Crippen LogP contribution in [-0.4, -0.2) is 47.0 Å². The summed E-state index contributed by atoms with van der Waals surface area (Å²) < 4.78 is 51.7. The standard InChI is InChI=1S/C14H20N2O4S2/c1-21(17,18)16-10-4-5-12-11-13(6-7-14(12)16)22(19,20)15-8-2-3-9-15/h6-7,11H,2-5,8-10H2,1H3. The zero-order valence-electron chi connectivity index (χ0n) is 12.5. The predicted molar refractivity (Wildman–Crippen MR) is 84.9 cm³/mol. The molecular weight excluding hydrogens is 324 g/mol. The molecule has 22 heavy (non-hydrogen) atoms. The Balaban J connectivity index is 2.01. The first-order chi connectivity index (χ1) is 10.3. The molecule has 0 aliphatic carbocycles. The Morgan fingerprint density at radius 2 is 1.64 bits per heavy atom. The molecule has 1 aromatic carbocycles. The fraction of sp³-hybridized carbons (Fsp3) is 0.571. The van der Waals surface area contributed by atoms with Crippen molar-refractivity contribution in [1.82, 2.24) is 4.31 Å². The van der Waals surface area contributed by atoms with Crippen LogP contribution in [0.15, 0.2) is 23.1 Å². The van der Waals surface area contributed by atoms with Gasteiger partial charge >= 0.3 is 0 Å². The first-order valence-electron chi connectivity index (χ1n) is 7.41. The third-order valence-corrected chi connectivity index (χ3v) is 7.30. The highest BCUT2D eigenvalue weighted by atomic mass is 32.2. The van der Waals surface area contributed by atoms with Gasteiger partial charge in [0.05, 0.1) is 16.8 Å². The number of hydrogen-bond donors (Lipinski definition) is 0. The molecule has 0 aromatic heterocycles. The highest BCUT2D eigenvalue weighted by Gasteiger charge is 2.30. The molecule has 8 heteroatoms. The van der Waals surface area contributed by atoms with Gasteiger partial charge in [-0.3, -0.25) is 4.31 Å². The molecule has 122 valence electrons. The summed E-state index contributed by atoms with van der Waals surface area (Å²) in [5, 5.41) is 0. The van der Waals surface area contributed by atoms with E-state index in [-0.39, 0.29) is 4.90 Å². The fourth-order valence-corrected chi connectivity index (χ4v) is 5.69. The van der Waals surface area contributed by atoms with Gasteiger partial charge in [-0.2, -0.15) is 4.31 Å². The smallest absolute Gasteiger partial charge is 0.243 e. The molecule has 0 N–H and O–H groups in total. The van der Waals surface area contributed by atoms with Crippen LogP contribution in [0.1, 0.15) is 24.8 Å². The zero-order chi connectivity index (χ0) is 16.0. The number of aryl methyl sites for hydroxylation is 1. The van der Waals surface area contributed by atoms with Crippen LogP contribution >= 0.6 is 0 Å². The second-order valence-electron chi connectivity index (χ2n) is 5.84. The summed E-state index contributed by atoms with van der Waals surface area (Å²) in [7, 11) is -6.79. The maximum Gasteiger partial charge on any atom is 0.243 e. The second-order valence-corrected chi connectivity index (χ2v) is 9.69. The quantitative estimate of drug-likeness (QED) is 0.825. The van der Waals surface area contributed by atoms with Crippen molar-refractivity contribution < 1.29 is 16.8 Å². The van der Waals surface area contributed by atoms with Gasteiger partial charge in [0.2, 0.25) is 20.0 Å². The minimum absolute atomic E-state index is 0.267. The maximum atomic E-state index is 12.6. The van der Waals surface area contributed by atoms with Gasteiger partial charge < -0.3 is 0 Å². The minimum atomic E-state index is -3.46. The van der Waals surface area contributed by atoms with Gasteiger partial charge in [0, 0.05) is 19.6 Å². The van der Waals surface area contributed by atoms with Crippen LogP contribution in [0, 0.1) is 0 Å². The highest BCUT2D eigenvalue weighted by Crippen LogP contribution is 2.32. The molecule has 0 saturated carbocycles. The third kappa shape index (κ3) is 2.75. The van der Waals surface area contributed by atoms with E-state index in [2.05, 4.69) is 0 Å². The molecule has 3 rings (SSSR count). The van der Waals surface area contributed by atoms with Crippen molar-refractivity contribution >= 4 is 25.7 Å². The normalized spacial score (nSPS) is 20.1. The Labute approximate surface area is 131 Å². The average molecular weight is 344 g/mol. The number of sulfonamides is 2. The van der Waals surface area contributed by atoms with Crippen molar-refractivity contribution in [2.45, 2.75) is 30.6 Å². The van der Waals surface area contributed by atoms with E-state index in [1.165, 1.54) is 20.9 Å². The van der Waals surface area contributed by atoms with Gasteiger partial charge in [-0.1, -0.05) is 0 Å². The summed E-state index contributed by atoms with van der Waals surface area (Å²) in [4.78, 5) is 0.267. The number of benzene rings is 1. The SMILES string of the molecule is CS(=O)(=O)N1CCCc2cc(S(=O)(=O)N3CCCC3)ccc21. The molecule has 1 aromatic rings. The summed E-state index contributed by atoms with van der Waals surface area (Å²) >= 11 is 0. The summed E-state index contributed by atoms with van der Waals surface area (Å²) in [6, 6.07) is 4.79. The topological polar surface area (TPSA) is 74.8 Å². The van der Waals surface area contributed by atoms with Crippen molar-refractivity contribution in [3.63, 3.8) is 0 Å². The molecule has 0 unspecified atom stereocenters. The highest BCUT2D eigenvalue weighted by molar-refractivity contribution is 7.92. The molecule has 0 bridgehead atoms. The van der Waals surface area contributed by atoms with Crippen LogP contribution in [0.25, 0.3) is 0 Å². The van der Waals surface area contributed by atoms with E-state index < -0.39 is 20.0 Å². The maximum absolute atomic E-state index is 12.6. The molecule has 1 fully saturated rings. The van der Waals surface area contributed by atoms with Gasteiger partial charge in [0.15, 0.2) is 0 Å². The Morgan fingerprint density at radius 3 is 2.27 bits per heavy atom. The van der Waals surface area contributed by atoms with E-state index in [4.69, 9.17) is 0 Å². The summed E-state index contributed by atoms with van der Waals surface area (Å²) in [6.07, 6.45) is 4.37. The number of rotatable bonds is 3. The Hall–Kier alpha value is -1.12. The van der Waals surface area contributed by atoms with Gasteiger partial charge in [0.25, 0.3) is 0 Å². The molecule has 0 atom stereocenters. The lowest BCUT2D eigenvalue weighted by Crippen LogP contribution is -2.35. The van der Waals surface area contributed by atoms with Crippen molar-refractivity contribution in [3.8, 4) is 0 Å². The van der Waals surface area contributed by atoms with Crippen molar-refractivity contribution in [3.05, 3.63) is 23.8 Å². The predicted octanol–water partition coefficient (Wildman–Crippen LogP) is 1.18. The molecule has 0 amide bonds. The van der Waals surface area contributed by atoms with E-state index in [1.54, 1.807) is 12.1 Å². The summed E-state index contributed by atoms with van der Waals surface area (Å²) in [5.41, 5.74) is 1.39. The van der Waals surface area contributed by atoms with Crippen LogP contribution in [0.4, 0.5) is 5.69 Å². The van der Waals surface area contributed by atoms with Gasteiger partial charge in [-0.25, -0.2) is 16.8 Å². The lowest BCUT2D eigenvalue weighted by atomic mass is 10.0. The fourth-order valence-electron chi connectivity index (χ4n) is 3.12. The zero-order valence-corrected chi connectivity index (χ0v) is 14.2. The van der Waals surface area contributed by atoms with Crippen LogP contribution in [0.3, 0.4) is 0 Å². The molecule has 2 aliphatic heterocycles. The van der Waals surface area contributed by atoms with E-state index in [1.807, 2.05) is 0 Å². The largest absolute Gasteiger partial charge is 0.270 e. The first kappa shape index (κ1) is 15.8. The lowest BCUT2D eigenvalue weighted by Gasteiger charge is -2.29.